The number of amides is 2. The maximum atomic E-state index is 12.2. The molecule has 7 nitrogen and oxygen atoms in total. The molecule has 0 fully saturated rings. The summed E-state index contributed by atoms with van der Waals surface area (Å²) >= 11 is 0. The second-order valence-corrected chi connectivity index (χ2v) is 5.28. The number of fused-ring (bicyclic) bond motifs is 1. The molecule has 0 N–H and O–H groups in total. The van der Waals surface area contributed by atoms with Gasteiger partial charge in [-0.25, -0.2) is 4.79 Å². The molecule has 2 aromatic carbocycles. The molecule has 0 radical (unpaired) electrons. The Kier molecular flexibility index (Phi) is 4.30. The van der Waals surface area contributed by atoms with Gasteiger partial charge in [0.15, 0.2) is 0 Å². The highest BCUT2D eigenvalue weighted by Crippen LogP contribution is 2.23. The molecule has 1 aliphatic rings. The lowest BCUT2D eigenvalue weighted by atomic mass is 10.1. The molecule has 2 amide bonds. The fourth-order valence-corrected chi connectivity index (χ4v) is 2.38. The van der Waals surface area contributed by atoms with E-state index in [0.717, 1.165) is 0 Å². The molecule has 3 rings (SSSR count). The van der Waals surface area contributed by atoms with Crippen molar-refractivity contribution in [1.82, 2.24) is 5.06 Å². The van der Waals surface area contributed by atoms with E-state index < -0.39 is 23.8 Å². The van der Waals surface area contributed by atoms with Gasteiger partial charge in [-0.2, -0.15) is 0 Å². The molecular weight excluding hydrogens is 326 g/mol. The molecule has 0 bridgehead atoms. The minimum Gasteiger partial charge on any atom is -0.469 e. The number of rotatable bonds is 4. The number of esters is 1. The maximum Gasteiger partial charge on any atom is 0.363 e. The molecule has 1 aliphatic heterocycles. The summed E-state index contributed by atoms with van der Waals surface area (Å²) in [5.74, 6) is -2.62. The number of imide groups is 1. The summed E-state index contributed by atoms with van der Waals surface area (Å²) in [5, 5.41) is 0.454. The summed E-state index contributed by atoms with van der Waals surface area (Å²) < 4.78 is 4.56. The number of ether oxygens (including phenoxy) is 1. The van der Waals surface area contributed by atoms with Gasteiger partial charge in [-0.05, 0) is 29.8 Å². The van der Waals surface area contributed by atoms with Crippen molar-refractivity contribution in [1.29, 1.82) is 0 Å². The minimum atomic E-state index is -0.848. The normalized spacial score (nSPS) is 12.8. The molecule has 0 saturated heterocycles. The van der Waals surface area contributed by atoms with Gasteiger partial charge in [0.2, 0.25) is 0 Å². The van der Waals surface area contributed by atoms with E-state index in [4.69, 9.17) is 4.84 Å². The van der Waals surface area contributed by atoms with Crippen LogP contribution in [-0.2, 0) is 20.8 Å². The Morgan fingerprint density at radius 1 is 0.920 bits per heavy atom. The van der Waals surface area contributed by atoms with Gasteiger partial charge in [0.05, 0.1) is 30.2 Å². The minimum absolute atomic E-state index is 0.0736. The van der Waals surface area contributed by atoms with E-state index in [1.165, 1.54) is 31.4 Å². The first-order chi connectivity index (χ1) is 12.0. The Hall–Kier alpha value is -3.48. The molecule has 0 unspecified atom stereocenters. The highest BCUT2D eigenvalue weighted by molar-refractivity contribution is 6.21. The first kappa shape index (κ1) is 16.4. The number of hydrogen-bond donors (Lipinski definition) is 0. The zero-order valence-electron chi connectivity index (χ0n) is 13.2. The van der Waals surface area contributed by atoms with Crippen LogP contribution in [0.2, 0.25) is 0 Å². The van der Waals surface area contributed by atoms with Gasteiger partial charge in [0.25, 0.3) is 11.8 Å². The molecule has 0 aromatic heterocycles. The molecule has 126 valence electrons. The lowest BCUT2D eigenvalue weighted by Crippen LogP contribution is -2.32. The quantitative estimate of drug-likeness (QED) is 0.623. The predicted octanol–water partition coefficient (Wildman–Crippen LogP) is 1.77. The lowest BCUT2D eigenvalue weighted by Gasteiger charge is -2.12. The zero-order valence-corrected chi connectivity index (χ0v) is 13.2. The zero-order chi connectivity index (χ0) is 18.0. The van der Waals surface area contributed by atoms with E-state index in [1.807, 2.05) is 0 Å². The molecular formula is C18H13NO6. The van der Waals surface area contributed by atoms with Crippen LogP contribution in [0.15, 0.2) is 48.5 Å². The van der Waals surface area contributed by atoms with Crippen LogP contribution in [0, 0.1) is 0 Å². The highest BCUT2D eigenvalue weighted by Gasteiger charge is 2.38. The van der Waals surface area contributed by atoms with Crippen molar-refractivity contribution in [2.75, 3.05) is 7.11 Å². The Morgan fingerprint density at radius 3 is 2.00 bits per heavy atom. The Balaban J connectivity index is 1.72. The van der Waals surface area contributed by atoms with Gasteiger partial charge in [-0.15, -0.1) is 0 Å². The van der Waals surface area contributed by atoms with Crippen molar-refractivity contribution in [3.63, 3.8) is 0 Å². The van der Waals surface area contributed by atoms with Crippen molar-refractivity contribution in [2.24, 2.45) is 0 Å². The van der Waals surface area contributed by atoms with E-state index in [2.05, 4.69) is 4.74 Å². The standard InChI is InChI=1S/C18H13NO6/c1-24-15(20)10-11-6-8-12(9-7-11)18(23)25-19-16(21)13-4-2-3-5-14(13)17(19)22/h2-9H,10H2,1H3. The largest absolute Gasteiger partial charge is 0.469 e. The Labute approximate surface area is 142 Å². The predicted molar refractivity (Wildman–Crippen MR) is 84.5 cm³/mol. The third-order valence-corrected chi connectivity index (χ3v) is 3.70. The molecule has 7 heteroatoms. The summed E-state index contributed by atoms with van der Waals surface area (Å²) in [6.07, 6.45) is 0.0736. The Bertz CT molecular complexity index is 836. The number of hydrogen-bond acceptors (Lipinski definition) is 6. The van der Waals surface area contributed by atoms with Crippen LogP contribution >= 0.6 is 0 Å². The number of carbonyl (C=O) groups is 4. The van der Waals surface area contributed by atoms with E-state index in [-0.39, 0.29) is 23.1 Å². The monoisotopic (exact) mass is 339 g/mol. The van der Waals surface area contributed by atoms with Crippen LogP contribution in [0.5, 0.6) is 0 Å². The van der Waals surface area contributed by atoms with Crippen LogP contribution in [0.4, 0.5) is 0 Å². The molecule has 0 spiro atoms. The summed E-state index contributed by atoms with van der Waals surface area (Å²) in [6.45, 7) is 0. The summed E-state index contributed by atoms with van der Waals surface area (Å²) in [4.78, 5) is 52.7. The van der Waals surface area contributed by atoms with E-state index in [0.29, 0.717) is 10.6 Å². The number of carbonyl (C=O) groups excluding carboxylic acids is 4. The van der Waals surface area contributed by atoms with Gasteiger partial charge in [0, 0.05) is 0 Å². The van der Waals surface area contributed by atoms with Gasteiger partial charge < -0.3 is 9.57 Å². The van der Waals surface area contributed by atoms with Gasteiger partial charge in [-0.3, -0.25) is 14.4 Å². The van der Waals surface area contributed by atoms with Crippen LogP contribution in [0.3, 0.4) is 0 Å². The SMILES string of the molecule is COC(=O)Cc1ccc(C(=O)ON2C(=O)c3ccccc3C2=O)cc1. The fourth-order valence-electron chi connectivity index (χ4n) is 2.38. The third kappa shape index (κ3) is 3.12. The summed E-state index contributed by atoms with van der Waals surface area (Å²) in [7, 11) is 1.29. The number of nitrogens with zero attached hydrogens (tertiary/aromatic N) is 1. The average Bonchev–Trinajstić information content (AvgIpc) is 2.87. The van der Waals surface area contributed by atoms with Gasteiger partial charge in [0.1, 0.15) is 0 Å². The number of hydroxylamine groups is 2. The average molecular weight is 339 g/mol. The Morgan fingerprint density at radius 2 is 1.48 bits per heavy atom. The summed E-state index contributed by atoms with van der Waals surface area (Å²) in [5.41, 5.74) is 1.18. The van der Waals surface area contributed by atoms with Crippen LogP contribution in [0.1, 0.15) is 36.6 Å². The van der Waals surface area contributed by atoms with Crippen LogP contribution in [-0.4, -0.2) is 35.9 Å². The van der Waals surface area contributed by atoms with Crippen molar-refractivity contribution >= 4 is 23.8 Å². The molecule has 1 heterocycles. The fraction of sp³-hybridized carbons (Fsp3) is 0.111. The number of benzene rings is 2. The molecule has 0 atom stereocenters. The second kappa shape index (κ2) is 6.56. The van der Waals surface area contributed by atoms with Crippen molar-refractivity contribution in [2.45, 2.75) is 6.42 Å². The van der Waals surface area contributed by atoms with E-state index >= 15 is 0 Å². The van der Waals surface area contributed by atoms with Gasteiger partial charge in [-0.1, -0.05) is 29.3 Å². The van der Waals surface area contributed by atoms with Crippen LogP contribution in [0.25, 0.3) is 0 Å². The third-order valence-electron chi connectivity index (χ3n) is 3.70. The lowest BCUT2D eigenvalue weighted by molar-refractivity contribution is -0.139. The number of methoxy groups -OCH3 is 1. The van der Waals surface area contributed by atoms with Crippen molar-refractivity contribution < 1.29 is 28.8 Å². The summed E-state index contributed by atoms with van der Waals surface area (Å²) in [6, 6.07) is 12.2. The smallest absolute Gasteiger partial charge is 0.363 e. The van der Waals surface area contributed by atoms with E-state index in [1.54, 1.807) is 24.3 Å². The molecule has 0 aliphatic carbocycles. The molecule has 25 heavy (non-hydrogen) atoms. The second-order valence-electron chi connectivity index (χ2n) is 5.28. The van der Waals surface area contributed by atoms with Crippen molar-refractivity contribution in [3.05, 3.63) is 70.8 Å². The topological polar surface area (TPSA) is 90.0 Å². The molecule has 2 aromatic rings. The van der Waals surface area contributed by atoms with Gasteiger partial charge >= 0.3 is 11.9 Å². The van der Waals surface area contributed by atoms with E-state index in [9.17, 15) is 19.2 Å². The van der Waals surface area contributed by atoms with Crippen molar-refractivity contribution in [3.8, 4) is 0 Å². The maximum absolute atomic E-state index is 12.2. The first-order valence-corrected chi connectivity index (χ1v) is 7.37. The first-order valence-electron chi connectivity index (χ1n) is 7.37. The highest BCUT2D eigenvalue weighted by atomic mass is 16.7. The van der Waals surface area contributed by atoms with Crippen LogP contribution < -0.4 is 0 Å². The molecule has 0 saturated carbocycles.